The van der Waals surface area contributed by atoms with E-state index in [0.717, 1.165) is 49.6 Å². The van der Waals surface area contributed by atoms with Crippen LogP contribution in [0.3, 0.4) is 0 Å². The molecule has 4 aliphatic rings. The smallest absolute Gasteiger partial charge is 0.293 e. The van der Waals surface area contributed by atoms with E-state index in [0.29, 0.717) is 33.1 Å². The third-order valence-corrected chi connectivity index (χ3v) is 11.3. The van der Waals surface area contributed by atoms with E-state index in [9.17, 15) is 14.4 Å². The van der Waals surface area contributed by atoms with Gasteiger partial charge >= 0.3 is 0 Å². The van der Waals surface area contributed by atoms with Gasteiger partial charge in [-0.25, -0.2) is 0 Å². The number of hydrogen-bond acceptors (Lipinski definition) is 7. The first-order valence-electron chi connectivity index (χ1n) is 13.6. The minimum atomic E-state index is -0.296. The van der Waals surface area contributed by atoms with Crippen LogP contribution in [0.2, 0.25) is 0 Å². The molecule has 1 aromatic heterocycles. The molecule has 202 valence electrons. The zero-order valence-electron chi connectivity index (χ0n) is 22.4. The van der Waals surface area contributed by atoms with Gasteiger partial charge in [-0.1, -0.05) is 36.0 Å². The van der Waals surface area contributed by atoms with Gasteiger partial charge in [0, 0.05) is 24.5 Å². The molecule has 3 heterocycles. The van der Waals surface area contributed by atoms with Gasteiger partial charge in [0.1, 0.15) is 9.57 Å². The number of para-hydroxylation sites is 1. The van der Waals surface area contributed by atoms with Crippen LogP contribution in [0.5, 0.6) is 0 Å². The van der Waals surface area contributed by atoms with Gasteiger partial charge in [-0.3, -0.25) is 23.9 Å². The number of thiazole rings is 1. The molecule has 6 rings (SSSR count). The van der Waals surface area contributed by atoms with Crippen LogP contribution in [-0.2, 0) is 11.3 Å². The lowest BCUT2D eigenvalue weighted by atomic mass is 9.77. The second-order valence-electron chi connectivity index (χ2n) is 9.99. The Kier molecular flexibility index (Phi) is 7.24. The summed E-state index contributed by atoms with van der Waals surface area (Å²) in [7, 11) is 0. The molecule has 1 saturated heterocycles. The molecule has 1 aromatic carbocycles. The maximum absolute atomic E-state index is 13.5. The molecule has 2 amide bonds. The van der Waals surface area contributed by atoms with E-state index < -0.39 is 0 Å². The van der Waals surface area contributed by atoms with Crippen molar-refractivity contribution in [1.82, 2.24) is 9.47 Å². The van der Waals surface area contributed by atoms with E-state index in [2.05, 4.69) is 54.3 Å². The zero-order valence-corrected chi connectivity index (χ0v) is 24.8. The first-order chi connectivity index (χ1) is 18.9. The molecule has 6 nitrogen and oxygen atoms in total. The lowest BCUT2D eigenvalue weighted by Gasteiger charge is -2.28. The zero-order chi connectivity index (χ0) is 27.3. The van der Waals surface area contributed by atoms with Crippen LogP contribution in [0.4, 0.5) is 10.5 Å². The number of carbonyl (C=O) groups excluding carboxylic acids is 2. The number of aromatic nitrogens is 1. The number of fused-ring (bicyclic) bond motifs is 2. The van der Waals surface area contributed by atoms with Gasteiger partial charge in [0.25, 0.3) is 16.7 Å². The first kappa shape index (κ1) is 26.5. The molecule has 2 aromatic rings. The SMILES string of the molecule is CCN1C(=O)S/C(=c2\s/c(=C3\C=C4C=C(/C=C5\Sc6ccccc6N5CC)CCC4CC3)c(=O)n2CC)C1=O. The largest absolute Gasteiger partial charge is 0.335 e. The summed E-state index contributed by atoms with van der Waals surface area (Å²) in [5.41, 5.74) is 4.88. The van der Waals surface area contributed by atoms with Crippen molar-refractivity contribution in [3.8, 4) is 0 Å². The van der Waals surface area contributed by atoms with Crippen molar-refractivity contribution in [2.75, 3.05) is 18.0 Å². The van der Waals surface area contributed by atoms with Crippen LogP contribution in [-0.4, -0.2) is 33.7 Å². The Morgan fingerprint density at radius 3 is 2.44 bits per heavy atom. The van der Waals surface area contributed by atoms with Gasteiger partial charge < -0.3 is 4.90 Å². The molecular weight excluding hydrogens is 547 g/mol. The normalized spacial score (nSPS) is 24.8. The Balaban J connectivity index is 1.41. The molecule has 0 spiro atoms. The van der Waals surface area contributed by atoms with Gasteiger partial charge in [-0.05, 0) is 99.1 Å². The van der Waals surface area contributed by atoms with Crippen LogP contribution >= 0.6 is 34.9 Å². The Morgan fingerprint density at radius 1 is 0.923 bits per heavy atom. The number of imide groups is 1. The van der Waals surface area contributed by atoms with Gasteiger partial charge in [0.15, 0.2) is 0 Å². The predicted molar refractivity (Wildman–Crippen MR) is 162 cm³/mol. The molecule has 2 aliphatic carbocycles. The Labute approximate surface area is 240 Å². The van der Waals surface area contributed by atoms with Crippen LogP contribution < -0.4 is 19.7 Å². The molecule has 0 N–H and O–H groups in total. The van der Waals surface area contributed by atoms with Crippen molar-refractivity contribution < 1.29 is 9.59 Å². The lowest BCUT2D eigenvalue weighted by molar-refractivity contribution is -0.121. The highest BCUT2D eigenvalue weighted by molar-refractivity contribution is 8.23. The number of carbonyl (C=O) groups is 2. The minimum Gasteiger partial charge on any atom is -0.335 e. The summed E-state index contributed by atoms with van der Waals surface area (Å²) < 4.78 is 2.95. The maximum atomic E-state index is 13.5. The Hall–Kier alpha value is -2.75. The number of anilines is 1. The van der Waals surface area contributed by atoms with Gasteiger partial charge in [0.2, 0.25) is 0 Å². The van der Waals surface area contributed by atoms with Crippen molar-refractivity contribution in [3.05, 3.63) is 78.2 Å². The van der Waals surface area contributed by atoms with Crippen molar-refractivity contribution in [2.24, 2.45) is 5.92 Å². The second kappa shape index (κ2) is 10.7. The molecule has 2 aliphatic heterocycles. The van der Waals surface area contributed by atoms with Crippen molar-refractivity contribution in [2.45, 2.75) is 57.9 Å². The van der Waals surface area contributed by atoms with Crippen LogP contribution in [0.25, 0.3) is 10.5 Å². The van der Waals surface area contributed by atoms with Crippen molar-refractivity contribution in [3.63, 3.8) is 0 Å². The maximum Gasteiger partial charge on any atom is 0.293 e. The second-order valence-corrected chi connectivity index (χ2v) is 13.0. The summed E-state index contributed by atoms with van der Waals surface area (Å²) >= 11 is 4.14. The van der Waals surface area contributed by atoms with Crippen molar-refractivity contribution in [1.29, 1.82) is 0 Å². The summed E-state index contributed by atoms with van der Waals surface area (Å²) in [5, 5.41) is 1.00. The van der Waals surface area contributed by atoms with Gasteiger partial charge in [0.05, 0.1) is 15.2 Å². The topological polar surface area (TPSA) is 62.6 Å². The number of amides is 2. The average molecular weight is 578 g/mol. The van der Waals surface area contributed by atoms with E-state index in [1.54, 1.807) is 11.5 Å². The third-order valence-electron chi connectivity index (χ3n) is 7.82. The van der Waals surface area contributed by atoms with Crippen LogP contribution in [0.1, 0.15) is 46.5 Å². The van der Waals surface area contributed by atoms with Crippen LogP contribution in [0, 0.1) is 5.92 Å². The molecular formula is C30H31N3O3S3. The quantitative estimate of drug-likeness (QED) is 0.483. The summed E-state index contributed by atoms with van der Waals surface area (Å²) in [4.78, 5) is 44.0. The number of benzene rings is 1. The van der Waals surface area contributed by atoms with Gasteiger partial charge in [-0.15, -0.1) is 11.3 Å². The first-order valence-corrected chi connectivity index (χ1v) is 16.1. The van der Waals surface area contributed by atoms with E-state index in [1.165, 1.54) is 43.0 Å². The van der Waals surface area contributed by atoms with E-state index >= 15 is 0 Å². The van der Waals surface area contributed by atoms with Gasteiger partial charge in [-0.2, -0.15) is 0 Å². The van der Waals surface area contributed by atoms with E-state index in [-0.39, 0.29) is 16.7 Å². The highest BCUT2D eigenvalue weighted by Gasteiger charge is 2.36. The number of thioether (sulfide) groups is 2. The summed E-state index contributed by atoms with van der Waals surface area (Å²) in [6.07, 6.45) is 10.9. The molecule has 9 heteroatoms. The summed E-state index contributed by atoms with van der Waals surface area (Å²) in [6, 6.07) is 8.56. The molecule has 0 radical (unpaired) electrons. The standard InChI is InChI=1S/C30H31N3O3S3/c1-4-31-22-9-7-8-10-23(22)37-24(31)16-18-11-12-19-13-14-20(17-21(19)15-18)25-27(34)32(5-2)29(38-25)26-28(35)33(6-3)30(36)39-26/h7-10,15-17,19H,4-6,11-14H2,1-3H3/b24-16-,25-20-,29-26-. The van der Waals surface area contributed by atoms with Crippen LogP contribution in [0.15, 0.2) is 68.4 Å². The third kappa shape index (κ3) is 4.58. The minimum absolute atomic E-state index is 0.0630. The van der Waals surface area contributed by atoms with Crippen molar-refractivity contribution >= 4 is 62.2 Å². The number of rotatable bonds is 4. The molecule has 0 bridgehead atoms. The summed E-state index contributed by atoms with van der Waals surface area (Å²) in [5.74, 6) is 0.215. The van der Waals surface area contributed by atoms with E-state index in [4.69, 9.17) is 0 Å². The summed E-state index contributed by atoms with van der Waals surface area (Å²) in [6.45, 7) is 7.61. The number of nitrogens with zero attached hydrogens (tertiary/aromatic N) is 3. The van der Waals surface area contributed by atoms with E-state index in [1.807, 2.05) is 18.7 Å². The Morgan fingerprint density at radius 2 is 1.69 bits per heavy atom. The highest BCUT2D eigenvalue weighted by atomic mass is 32.2. The Bertz CT molecular complexity index is 1660. The number of hydrogen-bond donors (Lipinski definition) is 0. The molecule has 0 saturated carbocycles. The fraction of sp³-hybridized carbons (Fsp3) is 0.367. The lowest BCUT2D eigenvalue weighted by Crippen LogP contribution is -2.34. The highest BCUT2D eigenvalue weighted by Crippen LogP contribution is 2.47. The monoisotopic (exact) mass is 577 g/mol. The number of allylic oxidation sites excluding steroid dienone is 5. The molecule has 1 atom stereocenters. The fourth-order valence-corrected chi connectivity index (χ4v) is 9.32. The predicted octanol–water partition coefficient (Wildman–Crippen LogP) is 5.43. The molecule has 1 fully saturated rings. The average Bonchev–Trinajstić information content (AvgIpc) is 3.57. The fourth-order valence-electron chi connectivity index (χ4n) is 5.79. The molecule has 39 heavy (non-hydrogen) atoms. The molecule has 1 unspecified atom stereocenters.